The Morgan fingerprint density at radius 3 is 2.61 bits per heavy atom. The summed E-state index contributed by atoms with van der Waals surface area (Å²) >= 11 is 1.24. The van der Waals surface area contributed by atoms with Crippen molar-refractivity contribution in [1.82, 2.24) is 9.97 Å². The van der Waals surface area contributed by atoms with E-state index in [1.165, 1.54) is 16.9 Å². The number of halogens is 3. The highest BCUT2D eigenvalue weighted by molar-refractivity contribution is 7.18. The minimum atomic E-state index is -4.56. The number of ether oxygens (including phenoxy) is 1. The van der Waals surface area contributed by atoms with Crippen molar-refractivity contribution >= 4 is 27.4 Å². The fourth-order valence-electron chi connectivity index (χ4n) is 2.92. The van der Waals surface area contributed by atoms with Crippen molar-refractivity contribution in [2.24, 2.45) is 0 Å². The number of nitrogens with zero attached hydrogens (tertiary/aromatic N) is 2. The van der Waals surface area contributed by atoms with Gasteiger partial charge in [0.15, 0.2) is 0 Å². The lowest BCUT2D eigenvalue weighted by atomic mass is 10.1. The minimum absolute atomic E-state index is 0.245. The average molecular weight is 407 g/mol. The second-order valence-electron chi connectivity index (χ2n) is 6.96. The van der Waals surface area contributed by atoms with Gasteiger partial charge in [-0.15, -0.1) is 11.3 Å². The van der Waals surface area contributed by atoms with Crippen molar-refractivity contribution in [3.63, 3.8) is 0 Å². The van der Waals surface area contributed by atoms with Crippen LogP contribution in [0.2, 0.25) is 0 Å². The number of rotatable bonds is 7. The van der Waals surface area contributed by atoms with E-state index in [0.717, 1.165) is 36.3 Å². The molecule has 1 aromatic carbocycles. The number of aromatic nitrogens is 2. The summed E-state index contributed by atoms with van der Waals surface area (Å²) in [7, 11) is 0. The summed E-state index contributed by atoms with van der Waals surface area (Å²) in [5.74, 6) is 0.0331. The van der Waals surface area contributed by atoms with Crippen LogP contribution in [0.5, 0.6) is 5.75 Å². The van der Waals surface area contributed by atoms with Gasteiger partial charge in [-0.25, -0.2) is 9.97 Å². The Morgan fingerprint density at radius 1 is 1.18 bits per heavy atom. The highest BCUT2D eigenvalue weighted by Crippen LogP contribution is 2.33. The molecule has 28 heavy (non-hydrogen) atoms. The molecule has 2 heterocycles. The van der Waals surface area contributed by atoms with Gasteiger partial charge in [0.05, 0.1) is 11.5 Å². The van der Waals surface area contributed by atoms with E-state index in [9.17, 15) is 13.2 Å². The van der Waals surface area contributed by atoms with Gasteiger partial charge in [-0.1, -0.05) is 12.1 Å². The summed E-state index contributed by atoms with van der Waals surface area (Å²) in [5.41, 5.74) is 1.17. The number of alkyl halides is 3. The summed E-state index contributed by atoms with van der Waals surface area (Å²) in [6.45, 7) is 2.37. The van der Waals surface area contributed by atoms with Crippen LogP contribution >= 0.6 is 11.3 Å². The van der Waals surface area contributed by atoms with Crippen LogP contribution in [0.25, 0.3) is 10.2 Å². The molecule has 0 bridgehead atoms. The Morgan fingerprint density at radius 2 is 1.93 bits per heavy atom. The highest BCUT2D eigenvalue weighted by Gasteiger charge is 2.35. The number of fused-ring (bicyclic) bond motifs is 1. The molecule has 4 nitrogen and oxygen atoms in total. The maximum atomic E-state index is 13.1. The molecule has 1 fully saturated rings. The summed E-state index contributed by atoms with van der Waals surface area (Å²) in [6.07, 6.45) is -0.333. The van der Waals surface area contributed by atoms with Gasteiger partial charge in [-0.2, -0.15) is 13.2 Å². The summed E-state index contributed by atoms with van der Waals surface area (Å²) in [6, 6.07) is 9.83. The number of aryl methyl sites for hydroxylation is 2. The van der Waals surface area contributed by atoms with Gasteiger partial charge in [0, 0.05) is 11.4 Å². The number of nitrogens with one attached hydrogen (secondary N) is 1. The van der Waals surface area contributed by atoms with Crippen molar-refractivity contribution in [1.29, 1.82) is 0 Å². The van der Waals surface area contributed by atoms with Crippen LogP contribution in [-0.2, 0) is 12.6 Å². The van der Waals surface area contributed by atoms with E-state index in [0.29, 0.717) is 22.9 Å². The molecule has 8 heteroatoms. The molecule has 0 atom stereocenters. The first-order chi connectivity index (χ1) is 13.4. The zero-order valence-corrected chi connectivity index (χ0v) is 16.2. The molecule has 0 spiro atoms. The number of anilines is 1. The standard InChI is InChI=1S/C20H20F3N3OS/c1-12-11-16-17(25-19(20(21,22)23)26-18(16)28-12)24-10-2-3-13-4-6-14(7-5-13)27-15-8-9-15/h4-7,11,15H,2-3,8-10H2,1H3,(H,24,25,26). The largest absolute Gasteiger partial charge is 0.490 e. The van der Waals surface area contributed by atoms with E-state index in [4.69, 9.17) is 4.74 Å². The van der Waals surface area contributed by atoms with Crippen LogP contribution in [-0.4, -0.2) is 22.6 Å². The first-order valence-electron chi connectivity index (χ1n) is 9.23. The summed E-state index contributed by atoms with van der Waals surface area (Å²) in [5, 5.41) is 3.70. The van der Waals surface area contributed by atoms with Gasteiger partial charge >= 0.3 is 6.18 Å². The molecule has 4 rings (SSSR count). The third-order valence-corrected chi connectivity index (χ3v) is 5.40. The number of thiophene rings is 1. The number of hydrogen-bond acceptors (Lipinski definition) is 5. The second-order valence-corrected chi connectivity index (χ2v) is 8.20. The van der Waals surface area contributed by atoms with Crippen molar-refractivity contribution in [3.05, 3.63) is 46.6 Å². The Bertz CT molecular complexity index is 965. The molecular formula is C20H20F3N3OS. The van der Waals surface area contributed by atoms with Crippen molar-refractivity contribution in [2.75, 3.05) is 11.9 Å². The number of benzene rings is 1. The molecule has 0 unspecified atom stereocenters. The predicted octanol–water partition coefficient (Wildman–Crippen LogP) is 5.60. The molecule has 0 saturated heterocycles. The zero-order chi connectivity index (χ0) is 19.7. The van der Waals surface area contributed by atoms with Crippen molar-refractivity contribution in [3.8, 4) is 5.75 Å². The quantitative estimate of drug-likeness (QED) is 0.518. The fourth-order valence-corrected chi connectivity index (χ4v) is 3.80. The maximum absolute atomic E-state index is 13.1. The molecule has 148 valence electrons. The van der Waals surface area contributed by atoms with E-state index in [-0.39, 0.29) is 5.82 Å². The molecule has 1 aliphatic carbocycles. The Balaban J connectivity index is 1.38. The topological polar surface area (TPSA) is 47.0 Å². The molecule has 1 N–H and O–H groups in total. The molecular weight excluding hydrogens is 387 g/mol. The SMILES string of the molecule is Cc1cc2c(NCCCc3ccc(OC4CC4)cc3)nc(C(F)(F)F)nc2s1. The normalized spacial score (nSPS) is 14.4. The molecule has 2 aromatic heterocycles. The van der Waals surface area contributed by atoms with Gasteiger partial charge in [0.1, 0.15) is 16.4 Å². The van der Waals surface area contributed by atoms with Crippen molar-refractivity contribution in [2.45, 2.75) is 44.9 Å². The number of hydrogen-bond donors (Lipinski definition) is 1. The second kappa shape index (κ2) is 7.58. The summed E-state index contributed by atoms with van der Waals surface area (Å²) < 4.78 is 44.9. The van der Waals surface area contributed by atoms with Gasteiger partial charge in [0.25, 0.3) is 0 Å². The average Bonchev–Trinajstić information content (AvgIpc) is 3.37. The fraction of sp³-hybridized carbons (Fsp3) is 0.400. The molecule has 0 radical (unpaired) electrons. The lowest BCUT2D eigenvalue weighted by Gasteiger charge is -2.10. The smallest absolute Gasteiger partial charge is 0.451 e. The van der Waals surface area contributed by atoms with Gasteiger partial charge in [-0.3, -0.25) is 0 Å². The lowest BCUT2D eigenvalue weighted by Crippen LogP contribution is -2.13. The Kier molecular flexibility index (Phi) is 5.14. The maximum Gasteiger partial charge on any atom is 0.451 e. The van der Waals surface area contributed by atoms with Gasteiger partial charge < -0.3 is 10.1 Å². The monoisotopic (exact) mass is 407 g/mol. The molecule has 1 saturated carbocycles. The van der Waals surface area contributed by atoms with Gasteiger partial charge in [-0.05, 0) is 56.4 Å². The van der Waals surface area contributed by atoms with Crippen LogP contribution in [0.15, 0.2) is 30.3 Å². The van der Waals surface area contributed by atoms with Gasteiger partial charge in [0.2, 0.25) is 5.82 Å². The molecule has 0 amide bonds. The Labute approximate surface area is 164 Å². The molecule has 3 aromatic rings. The van der Waals surface area contributed by atoms with E-state index in [1.54, 1.807) is 0 Å². The molecule has 1 aliphatic rings. The third-order valence-electron chi connectivity index (χ3n) is 4.45. The highest BCUT2D eigenvalue weighted by atomic mass is 32.1. The third kappa shape index (κ3) is 4.55. The van der Waals surface area contributed by atoms with E-state index < -0.39 is 12.0 Å². The minimum Gasteiger partial charge on any atom is -0.490 e. The summed E-state index contributed by atoms with van der Waals surface area (Å²) in [4.78, 5) is 8.64. The van der Waals surface area contributed by atoms with E-state index in [1.807, 2.05) is 37.3 Å². The van der Waals surface area contributed by atoms with E-state index >= 15 is 0 Å². The van der Waals surface area contributed by atoms with Crippen LogP contribution in [0.3, 0.4) is 0 Å². The van der Waals surface area contributed by atoms with Crippen LogP contribution < -0.4 is 10.1 Å². The van der Waals surface area contributed by atoms with Crippen LogP contribution in [0, 0.1) is 6.92 Å². The predicted molar refractivity (Wildman–Crippen MR) is 104 cm³/mol. The lowest BCUT2D eigenvalue weighted by molar-refractivity contribution is -0.144. The Hall–Kier alpha value is -2.35. The van der Waals surface area contributed by atoms with Crippen LogP contribution in [0.1, 0.15) is 35.5 Å². The van der Waals surface area contributed by atoms with Crippen LogP contribution in [0.4, 0.5) is 19.0 Å². The van der Waals surface area contributed by atoms with Crippen molar-refractivity contribution < 1.29 is 17.9 Å². The first kappa shape index (κ1) is 19.0. The molecule has 0 aliphatic heterocycles. The zero-order valence-electron chi connectivity index (χ0n) is 15.3. The van der Waals surface area contributed by atoms with E-state index in [2.05, 4.69) is 15.3 Å². The first-order valence-corrected chi connectivity index (χ1v) is 10.0.